The van der Waals surface area contributed by atoms with Crippen LogP contribution in [0.15, 0.2) is 50.3 Å². The fraction of sp³-hybridized carbons (Fsp3) is 0.250. The molecule has 0 amide bonds. The lowest BCUT2D eigenvalue weighted by atomic mass is 10.2. The van der Waals surface area contributed by atoms with E-state index in [0.29, 0.717) is 10.0 Å². The predicted molar refractivity (Wildman–Crippen MR) is 114 cm³/mol. The van der Waals surface area contributed by atoms with Gasteiger partial charge in [-0.1, -0.05) is 22.4 Å². The average Bonchev–Trinajstić information content (AvgIpc) is 2.92. The van der Waals surface area contributed by atoms with Crippen molar-refractivity contribution >= 4 is 43.8 Å². The Morgan fingerprint density at radius 1 is 1.04 bits per heavy atom. The van der Waals surface area contributed by atoms with E-state index in [2.05, 4.69) is 51.6 Å². The highest BCUT2D eigenvalue weighted by molar-refractivity contribution is 9.11. The maximum absolute atomic E-state index is 10.1. The van der Waals surface area contributed by atoms with E-state index in [4.69, 9.17) is 0 Å². The van der Waals surface area contributed by atoms with Crippen LogP contribution in [0, 0.1) is 0 Å². The largest absolute Gasteiger partial charge is 0.506 e. The Bertz CT molecular complexity index is 996. The molecule has 7 heteroatoms. The number of fused-ring (bicyclic) bond motifs is 1. The van der Waals surface area contributed by atoms with E-state index in [-0.39, 0.29) is 5.75 Å². The number of phenols is 1. The van der Waals surface area contributed by atoms with Gasteiger partial charge in [-0.3, -0.25) is 4.99 Å². The lowest BCUT2D eigenvalue weighted by molar-refractivity contribution is 0.471. The lowest BCUT2D eigenvalue weighted by Gasteiger charge is -2.07. The summed E-state index contributed by atoms with van der Waals surface area (Å²) in [6.07, 6.45) is 6.26. The topological polar surface area (TPSA) is 63.3 Å². The number of hydrogen-bond donors (Lipinski definition) is 1. The van der Waals surface area contributed by atoms with Crippen LogP contribution in [0.5, 0.6) is 5.75 Å². The summed E-state index contributed by atoms with van der Waals surface area (Å²) < 4.78 is 3.74. The first kappa shape index (κ1) is 18.4. The molecule has 2 aromatic carbocycles. The fourth-order valence-corrected chi connectivity index (χ4v) is 4.48. The van der Waals surface area contributed by atoms with Crippen molar-refractivity contribution < 1.29 is 5.11 Å². The Balaban J connectivity index is 1.58. The van der Waals surface area contributed by atoms with Gasteiger partial charge in [-0.2, -0.15) is 0 Å². The van der Waals surface area contributed by atoms with Crippen molar-refractivity contribution in [2.24, 2.45) is 4.99 Å². The quantitative estimate of drug-likeness (QED) is 0.483. The maximum atomic E-state index is 10.1. The molecule has 0 fully saturated rings. The fourth-order valence-electron chi connectivity index (χ4n) is 3.22. The Hall–Kier alpha value is -1.99. The van der Waals surface area contributed by atoms with E-state index < -0.39 is 0 Å². The first-order chi connectivity index (χ1) is 13.1. The van der Waals surface area contributed by atoms with Gasteiger partial charge < -0.3 is 9.67 Å². The van der Waals surface area contributed by atoms with Crippen LogP contribution in [-0.2, 0) is 13.0 Å². The van der Waals surface area contributed by atoms with Gasteiger partial charge in [-0.15, -0.1) is 10.2 Å². The minimum Gasteiger partial charge on any atom is -0.506 e. The number of aromatic hydroxyl groups is 1. The molecule has 0 saturated carbocycles. The second-order valence-electron chi connectivity index (χ2n) is 6.53. The van der Waals surface area contributed by atoms with Gasteiger partial charge in [0.15, 0.2) is 5.82 Å². The second-order valence-corrected chi connectivity index (χ2v) is 8.30. The summed E-state index contributed by atoms with van der Waals surface area (Å²) in [6.45, 7) is 0.981. The summed E-state index contributed by atoms with van der Waals surface area (Å²) in [5.74, 6) is 2.18. The van der Waals surface area contributed by atoms with E-state index in [1.54, 1.807) is 12.3 Å². The van der Waals surface area contributed by atoms with Crippen molar-refractivity contribution in [1.82, 2.24) is 14.8 Å². The molecule has 2 heterocycles. The third-order valence-corrected chi connectivity index (χ3v) is 5.71. The standard InChI is InChI=1S/C20H18Br2N4O/c21-15-10-14(19(27)17(22)11-15)12-23-16-7-5-13(6-8-16)20-25-24-18-4-2-1-3-9-26(18)20/h5-8,10-12,27H,1-4,9H2. The summed E-state index contributed by atoms with van der Waals surface area (Å²) in [4.78, 5) is 4.47. The molecular weight excluding hydrogens is 472 g/mol. The van der Waals surface area contributed by atoms with Gasteiger partial charge in [0.05, 0.1) is 10.2 Å². The smallest absolute Gasteiger partial charge is 0.163 e. The van der Waals surface area contributed by atoms with Crippen LogP contribution in [-0.4, -0.2) is 26.1 Å². The van der Waals surface area contributed by atoms with Crippen molar-refractivity contribution in [3.05, 3.63) is 56.7 Å². The molecule has 1 N–H and O–H groups in total. The third-order valence-electron chi connectivity index (χ3n) is 4.65. The molecule has 1 aliphatic heterocycles. The number of aliphatic imine (C=N–C) groups is 1. The first-order valence-electron chi connectivity index (χ1n) is 8.86. The van der Waals surface area contributed by atoms with Crippen molar-refractivity contribution in [3.63, 3.8) is 0 Å². The maximum Gasteiger partial charge on any atom is 0.163 e. The van der Waals surface area contributed by atoms with Crippen LogP contribution in [0.2, 0.25) is 0 Å². The predicted octanol–water partition coefficient (Wildman–Crippen LogP) is 5.65. The highest BCUT2D eigenvalue weighted by Gasteiger charge is 2.15. The lowest BCUT2D eigenvalue weighted by Crippen LogP contribution is -2.02. The van der Waals surface area contributed by atoms with Gasteiger partial charge in [-0.05, 0) is 65.2 Å². The van der Waals surface area contributed by atoms with E-state index in [1.165, 1.54) is 19.3 Å². The molecule has 0 aliphatic carbocycles. The molecule has 0 spiro atoms. The molecule has 27 heavy (non-hydrogen) atoms. The average molecular weight is 490 g/mol. The number of rotatable bonds is 3. The van der Waals surface area contributed by atoms with E-state index in [1.807, 2.05) is 30.3 Å². The number of phenolic OH excluding ortho intramolecular Hbond substituents is 1. The normalized spacial score (nSPS) is 14.3. The molecule has 5 nitrogen and oxygen atoms in total. The number of aromatic nitrogens is 3. The summed E-state index contributed by atoms with van der Waals surface area (Å²) in [7, 11) is 0. The van der Waals surface area contributed by atoms with Crippen molar-refractivity contribution in [2.75, 3.05) is 0 Å². The molecule has 138 valence electrons. The monoisotopic (exact) mass is 488 g/mol. The van der Waals surface area contributed by atoms with Crippen LogP contribution in [0.4, 0.5) is 5.69 Å². The minimum atomic E-state index is 0.171. The van der Waals surface area contributed by atoms with E-state index in [9.17, 15) is 5.11 Å². The van der Waals surface area contributed by atoms with Crippen molar-refractivity contribution in [2.45, 2.75) is 32.2 Å². The van der Waals surface area contributed by atoms with Gasteiger partial charge in [0, 0.05) is 34.8 Å². The SMILES string of the molecule is Oc1c(Br)cc(Br)cc1C=Nc1ccc(-c2nnc3n2CCCCC3)cc1. The van der Waals surface area contributed by atoms with Crippen LogP contribution < -0.4 is 0 Å². The van der Waals surface area contributed by atoms with Crippen LogP contribution in [0.3, 0.4) is 0 Å². The number of halogens is 2. The molecule has 3 aromatic rings. The van der Waals surface area contributed by atoms with Gasteiger partial charge in [0.25, 0.3) is 0 Å². The number of hydrogen-bond acceptors (Lipinski definition) is 4. The van der Waals surface area contributed by atoms with Gasteiger partial charge >= 0.3 is 0 Å². The summed E-state index contributed by atoms with van der Waals surface area (Å²) >= 11 is 6.76. The molecule has 0 unspecified atom stereocenters. The number of benzene rings is 2. The van der Waals surface area contributed by atoms with Crippen molar-refractivity contribution in [3.8, 4) is 17.1 Å². The zero-order valence-corrected chi connectivity index (χ0v) is 17.7. The van der Waals surface area contributed by atoms with Gasteiger partial charge in [0.2, 0.25) is 0 Å². The highest BCUT2D eigenvalue weighted by Crippen LogP contribution is 2.31. The third kappa shape index (κ3) is 3.99. The zero-order chi connectivity index (χ0) is 18.8. The molecule has 0 radical (unpaired) electrons. The molecule has 4 rings (SSSR count). The summed E-state index contributed by atoms with van der Waals surface area (Å²) in [5, 5.41) is 18.9. The molecule has 1 aromatic heterocycles. The Kier molecular flexibility index (Phi) is 5.41. The van der Waals surface area contributed by atoms with Crippen LogP contribution in [0.25, 0.3) is 11.4 Å². The second kappa shape index (κ2) is 7.94. The molecule has 0 atom stereocenters. The van der Waals surface area contributed by atoms with Gasteiger partial charge in [0.1, 0.15) is 11.6 Å². The zero-order valence-electron chi connectivity index (χ0n) is 14.6. The Morgan fingerprint density at radius 2 is 1.85 bits per heavy atom. The number of nitrogens with zero attached hydrogens (tertiary/aromatic N) is 4. The van der Waals surface area contributed by atoms with Crippen LogP contribution in [0.1, 0.15) is 30.7 Å². The molecular formula is C20H18Br2N4O. The molecule has 0 saturated heterocycles. The summed E-state index contributed by atoms with van der Waals surface area (Å²) in [5.41, 5.74) is 2.50. The highest BCUT2D eigenvalue weighted by atomic mass is 79.9. The Labute approximate surface area is 174 Å². The Morgan fingerprint density at radius 3 is 2.67 bits per heavy atom. The molecule has 1 aliphatic rings. The molecule has 0 bridgehead atoms. The van der Waals surface area contributed by atoms with Gasteiger partial charge in [-0.25, -0.2) is 0 Å². The summed E-state index contributed by atoms with van der Waals surface area (Å²) in [6, 6.07) is 11.6. The van der Waals surface area contributed by atoms with Crippen molar-refractivity contribution in [1.29, 1.82) is 0 Å². The van der Waals surface area contributed by atoms with Crippen LogP contribution >= 0.6 is 31.9 Å². The van der Waals surface area contributed by atoms with E-state index in [0.717, 1.165) is 40.3 Å². The first-order valence-corrected chi connectivity index (χ1v) is 10.4. The number of aryl methyl sites for hydroxylation is 1. The minimum absolute atomic E-state index is 0.171. The van der Waals surface area contributed by atoms with E-state index >= 15 is 0 Å².